The third-order valence-electron chi connectivity index (χ3n) is 4.49. The number of phenolic OH excluding ortho intramolecular Hbond substituents is 1. The fraction of sp³-hybridized carbons (Fsp3) is 0.263. The van der Waals surface area contributed by atoms with Crippen molar-refractivity contribution in [2.75, 3.05) is 13.1 Å². The SMILES string of the molecule is CC1c2ccc(F)cc2CCN1C(=O)CNC(=O)c1ccc(O)cc1. The summed E-state index contributed by atoms with van der Waals surface area (Å²) in [6.45, 7) is 2.28. The summed E-state index contributed by atoms with van der Waals surface area (Å²) in [5.41, 5.74) is 2.23. The lowest BCUT2D eigenvalue weighted by atomic mass is 9.93. The largest absolute Gasteiger partial charge is 0.508 e. The van der Waals surface area contributed by atoms with E-state index in [1.54, 1.807) is 11.0 Å². The zero-order chi connectivity index (χ0) is 18.0. The maximum atomic E-state index is 13.3. The Bertz CT molecular complexity index is 805. The van der Waals surface area contributed by atoms with Gasteiger partial charge in [0.2, 0.25) is 5.91 Å². The molecule has 25 heavy (non-hydrogen) atoms. The van der Waals surface area contributed by atoms with E-state index in [0.29, 0.717) is 18.5 Å². The molecule has 0 aromatic heterocycles. The molecule has 1 heterocycles. The second-order valence-electron chi connectivity index (χ2n) is 6.09. The van der Waals surface area contributed by atoms with Gasteiger partial charge in [-0.25, -0.2) is 4.39 Å². The molecule has 1 unspecified atom stereocenters. The van der Waals surface area contributed by atoms with Crippen molar-refractivity contribution in [1.29, 1.82) is 0 Å². The van der Waals surface area contributed by atoms with Crippen LogP contribution in [0.15, 0.2) is 42.5 Å². The molecule has 2 N–H and O–H groups in total. The quantitative estimate of drug-likeness (QED) is 0.900. The van der Waals surface area contributed by atoms with Gasteiger partial charge in [-0.05, 0) is 60.9 Å². The number of aromatic hydroxyl groups is 1. The van der Waals surface area contributed by atoms with Gasteiger partial charge in [0.15, 0.2) is 0 Å². The Labute approximate surface area is 145 Å². The first kappa shape index (κ1) is 17.0. The van der Waals surface area contributed by atoms with Crippen LogP contribution in [0.4, 0.5) is 4.39 Å². The Balaban J connectivity index is 1.63. The number of hydrogen-bond acceptors (Lipinski definition) is 3. The van der Waals surface area contributed by atoms with Crippen LogP contribution < -0.4 is 5.32 Å². The number of carbonyl (C=O) groups is 2. The van der Waals surface area contributed by atoms with E-state index < -0.39 is 0 Å². The maximum absolute atomic E-state index is 13.3. The molecule has 0 saturated heterocycles. The van der Waals surface area contributed by atoms with Crippen LogP contribution in [0, 0.1) is 5.82 Å². The van der Waals surface area contributed by atoms with Crippen molar-refractivity contribution >= 4 is 11.8 Å². The van der Waals surface area contributed by atoms with Crippen LogP contribution in [0.3, 0.4) is 0 Å². The van der Waals surface area contributed by atoms with E-state index in [9.17, 15) is 19.1 Å². The zero-order valence-electron chi connectivity index (χ0n) is 13.8. The molecule has 2 amide bonds. The van der Waals surface area contributed by atoms with Crippen molar-refractivity contribution in [3.8, 4) is 5.75 Å². The normalized spacial score (nSPS) is 16.2. The van der Waals surface area contributed by atoms with E-state index in [0.717, 1.165) is 11.1 Å². The Morgan fingerprint density at radius 1 is 1.24 bits per heavy atom. The minimum atomic E-state index is -0.375. The molecule has 2 aromatic carbocycles. The molecule has 3 rings (SSSR count). The van der Waals surface area contributed by atoms with Gasteiger partial charge in [0.1, 0.15) is 11.6 Å². The van der Waals surface area contributed by atoms with Crippen molar-refractivity contribution in [3.63, 3.8) is 0 Å². The molecule has 1 aliphatic rings. The van der Waals surface area contributed by atoms with Crippen molar-refractivity contribution in [2.45, 2.75) is 19.4 Å². The van der Waals surface area contributed by atoms with Gasteiger partial charge in [0.05, 0.1) is 12.6 Å². The Hall–Kier alpha value is -2.89. The summed E-state index contributed by atoms with van der Waals surface area (Å²) >= 11 is 0. The summed E-state index contributed by atoms with van der Waals surface area (Å²) in [5, 5.41) is 11.8. The molecule has 0 bridgehead atoms. The highest BCUT2D eigenvalue weighted by atomic mass is 19.1. The molecule has 0 spiro atoms. The molecule has 0 saturated carbocycles. The van der Waals surface area contributed by atoms with Gasteiger partial charge < -0.3 is 15.3 Å². The second kappa shape index (κ2) is 6.93. The van der Waals surface area contributed by atoms with Crippen molar-refractivity contribution in [3.05, 3.63) is 65.0 Å². The lowest BCUT2D eigenvalue weighted by molar-refractivity contribution is -0.132. The molecule has 130 valence electrons. The van der Waals surface area contributed by atoms with Crippen LogP contribution >= 0.6 is 0 Å². The van der Waals surface area contributed by atoms with Crippen molar-refractivity contribution < 1.29 is 19.1 Å². The number of halogens is 1. The van der Waals surface area contributed by atoms with E-state index in [1.165, 1.54) is 36.4 Å². The Morgan fingerprint density at radius 2 is 1.96 bits per heavy atom. The molecule has 1 aliphatic heterocycles. The standard InChI is InChI=1S/C19H19FN2O3/c1-12-17-7-4-15(20)10-14(17)8-9-22(12)18(24)11-21-19(25)13-2-5-16(23)6-3-13/h2-7,10,12,23H,8-9,11H2,1H3,(H,21,25). The third kappa shape index (κ3) is 3.63. The maximum Gasteiger partial charge on any atom is 0.251 e. The lowest BCUT2D eigenvalue weighted by Gasteiger charge is -2.35. The fourth-order valence-electron chi connectivity index (χ4n) is 3.11. The minimum absolute atomic E-state index is 0.0740. The number of nitrogens with one attached hydrogen (secondary N) is 1. The van der Waals surface area contributed by atoms with E-state index in [-0.39, 0.29) is 36.0 Å². The highest BCUT2D eigenvalue weighted by Gasteiger charge is 2.27. The highest BCUT2D eigenvalue weighted by molar-refractivity contribution is 5.96. The topological polar surface area (TPSA) is 69.6 Å². The number of carbonyl (C=O) groups excluding carboxylic acids is 2. The van der Waals surface area contributed by atoms with E-state index >= 15 is 0 Å². The third-order valence-corrected chi connectivity index (χ3v) is 4.49. The van der Waals surface area contributed by atoms with Crippen LogP contribution in [0.25, 0.3) is 0 Å². The predicted octanol–water partition coefficient (Wildman–Crippen LogP) is 2.41. The van der Waals surface area contributed by atoms with E-state index in [4.69, 9.17) is 0 Å². The average Bonchev–Trinajstić information content (AvgIpc) is 2.60. The summed E-state index contributed by atoms with van der Waals surface area (Å²) in [7, 11) is 0. The summed E-state index contributed by atoms with van der Waals surface area (Å²) in [4.78, 5) is 26.2. The molecule has 0 aliphatic carbocycles. The van der Waals surface area contributed by atoms with Crippen molar-refractivity contribution in [1.82, 2.24) is 10.2 Å². The van der Waals surface area contributed by atoms with Crippen LogP contribution in [0.1, 0.15) is 34.5 Å². The first-order valence-electron chi connectivity index (χ1n) is 8.10. The first-order chi connectivity index (χ1) is 12.0. The predicted molar refractivity (Wildman–Crippen MR) is 90.7 cm³/mol. The minimum Gasteiger partial charge on any atom is -0.508 e. The van der Waals surface area contributed by atoms with Gasteiger partial charge in [-0.3, -0.25) is 9.59 Å². The summed E-state index contributed by atoms with van der Waals surface area (Å²) in [6.07, 6.45) is 0.592. The molecule has 6 heteroatoms. The average molecular weight is 342 g/mol. The molecular formula is C19H19FN2O3. The van der Waals surface area contributed by atoms with Gasteiger partial charge >= 0.3 is 0 Å². The number of phenols is 1. The van der Waals surface area contributed by atoms with Crippen LogP contribution in [0.2, 0.25) is 0 Å². The molecular weight excluding hydrogens is 323 g/mol. The van der Waals surface area contributed by atoms with Gasteiger partial charge in [-0.1, -0.05) is 6.07 Å². The molecule has 5 nitrogen and oxygen atoms in total. The molecule has 2 aromatic rings. The Kier molecular flexibility index (Phi) is 4.70. The van der Waals surface area contributed by atoms with Crippen LogP contribution in [-0.4, -0.2) is 34.9 Å². The van der Waals surface area contributed by atoms with Gasteiger partial charge in [0, 0.05) is 12.1 Å². The number of hydrogen-bond donors (Lipinski definition) is 2. The smallest absolute Gasteiger partial charge is 0.251 e. The summed E-state index contributed by atoms with van der Waals surface area (Å²) in [5.74, 6) is -0.758. The first-order valence-corrected chi connectivity index (χ1v) is 8.10. The van der Waals surface area contributed by atoms with Gasteiger partial charge in [-0.2, -0.15) is 0 Å². The number of rotatable bonds is 3. The van der Waals surface area contributed by atoms with E-state index in [1.807, 2.05) is 6.92 Å². The van der Waals surface area contributed by atoms with Crippen molar-refractivity contribution in [2.24, 2.45) is 0 Å². The van der Waals surface area contributed by atoms with Gasteiger partial charge in [0.25, 0.3) is 5.91 Å². The number of fused-ring (bicyclic) bond motifs is 1. The number of benzene rings is 2. The second-order valence-corrected chi connectivity index (χ2v) is 6.09. The number of amides is 2. The monoisotopic (exact) mass is 342 g/mol. The molecule has 0 radical (unpaired) electrons. The molecule has 0 fully saturated rings. The fourth-order valence-corrected chi connectivity index (χ4v) is 3.11. The van der Waals surface area contributed by atoms with Crippen LogP contribution in [0.5, 0.6) is 5.75 Å². The number of nitrogens with zero attached hydrogens (tertiary/aromatic N) is 1. The van der Waals surface area contributed by atoms with E-state index in [2.05, 4.69) is 5.32 Å². The highest BCUT2D eigenvalue weighted by Crippen LogP contribution is 2.29. The summed E-state index contributed by atoms with van der Waals surface area (Å²) in [6, 6.07) is 10.3. The van der Waals surface area contributed by atoms with Gasteiger partial charge in [-0.15, -0.1) is 0 Å². The Morgan fingerprint density at radius 3 is 2.68 bits per heavy atom. The lowest BCUT2D eigenvalue weighted by Crippen LogP contribution is -2.44. The molecule has 1 atom stereocenters. The summed E-state index contributed by atoms with van der Waals surface area (Å²) < 4.78 is 13.3. The zero-order valence-corrected chi connectivity index (χ0v) is 13.8. The van der Waals surface area contributed by atoms with Crippen LogP contribution in [-0.2, 0) is 11.2 Å².